The molecule has 0 bridgehead atoms. The fourth-order valence-corrected chi connectivity index (χ4v) is 2.50. The van der Waals surface area contributed by atoms with Gasteiger partial charge in [-0.1, -0.05) is 0 Å². The van der Waals surface area contributed by atoms with E-state index in [1.165, 1.54) is 0 Å². The van der Waals surface area contributed by atoms with Crippen molar-refractivity contribution in [1.29, 1.82) is 0 Å². The molecule has 2 aliphatic heterocycles. The summed E-state index contributed by atoms with van der Waals surface area (Å²) in [5, 5.41) is 6.44. The topological polar surface area (TPSA) is 50.4 Å². The Kier molecular flexibility index (Phi) is 5.70. The summed E-state index contributed by atoms with van der Waals surface area (Å²) < 4.78 is 5.33. The van der Waals surface area contributed by atoms with Crippen LogP contribution in [0.15, 0.2) is 0 Å². The molecule has 5 heteroatoms. The first-order chi connectivity index (χ1) is 7.68. The Morgan fingerprint density at radius 3 is 2.76 bits per heavy atom. The van der Waals surface area contributed by atoms with Gasteiger partial charge in [-0.25, -0.2) is 0 Å². The normalized spacial score (nSPS) is 29.7. The summed E-state index contributed by atoms with van der Waals surface area (Å²) in [6, 6.07) is 0. The van der Waals surface area contributed by atoms with Gasteiger partial charge in [0.2, 0.25) is 5.91 Å². The van der Waals surface area contributed by atoms with Crippen LogP contribution in [0.2, 0.25) is 0 Å². The van der Waals surface area contributed by atoms with Crippen LogP contribution in [0.4, 0.5) is 0 Å². The van der Waals surface area contributed by atoms with Crippen molar-refractivity contribution in [3.05, 3.63) is 0 Å². The molecule has 4 nitrogen and oxygen atoms in total. The number of nitrogens with one attached hydrogen (secondary N) is 2. The molecule has 0 aromatic carbocycles. The van der Waals surface area contributed by atoms with Crippen molar-refractivity contribution < 1.29 is 9.53 Å². The van der Waals surface area contributed by atoms with E-state index in [9.17, 15) is 4.79 Å². The van der Waals surface area contributed by atoms with Gasteiger partial charge in [0.15, 0.2) is 0 Å². The van der Waals surface area contributed by atoms with Crippen LogP contribution >= 0.6 is 12.4 Å². The van der Waals surface area contributed by atoms with Gasteiger partial charge in [-0.3, -0.25) is 4.79 Å². The van der Waals surface area contributed by atoms with Crippen LogP contribution in [0.25, 0.3) is 0 Å². The summed E-state index contributed by atoms with van der Waals surface area (Å²) in [5.74, 6) is 0.757. The largest absolute Gasteiger partial charge is 0.379 e. The van der Waals surface area contributed by atoms with Gasteiger partial charge < -0.3 is 15.4 Å². The molecule has 1 atom stereocenters. The fourth-order valence-electron chi connectivity index (χ4n) is 2.50. The highest BCUT2D eigenvalue weighted by molar-refractivity contribution is 5.85. The molecule has 1 amide bonds. The quantitative estimate of drug-likeness (QED) is 0.801. The van der Waals surface area contributed by atoms with E-state index in [-0.39, 0.29) is 23.9 Å². The second kappa shape index (κ2) is 6.57. The van der Waals surface area contributed by atoms with Crippen molar-refractivity contribution in [1.82, 2.24) is 10.6 Å². The van der Waals surface area contributed by atoms with Crippen LogP contribution in [0.3, 0.4) is 0 Å². The molecule has 0 spiro atoms. The van der Waals surface area contributed by atoms with Crippen molar-refractivity contribution in [2.24, 2.45) is 5.92 Å². The molecule has 2 aliphatic rings. The zero-order chi connectivity index (χ0) is 11.4. The molecule has 2 fully saturated rings. The number of rotatable bonds is 3. The summed E-state index contributed by atoms with van der Waals surface area (Å²) in [4.78, 5) is 11.9. The average Bonchev–Trinajstić information content (AvgIpc) is 2.66. The van der Waals surface area contributed by atoms with Crippen LogP contribution in [-0.4, -0.2) is 37.7 Å². The van der Waals surface area contributed by atoms with E-state index in [4.69, 9.17) is 4.74 Å². The lowest BCUT2D eigenvalue weighted by molar-refractivity contribution is -0.124. The summed E-state index contributed by atoms with van der Waals surface area (Å²) in [7, 11) is 0. The molecule has 2 rings (SSSR count). The second-order valence-corrected chi connectivity index (χ2v) is 5.31. The Bertz CT molecular complexity index is 249. The third-order valence-electron chi connectivity index (χ3n) is 3.59. The van der Waals surface area contributed by atoms with E-state index in [0.717, 1.165) is 39.0 Å². The number of hydrogen-bond acceptors (Lipinski definition) is 3. The Balaban J connectivity index is 0.00000144. The van der Waals surface area contributed by atoms with E-state index < -0.39 is 0 Å². The standard InChI is InChI=1S/C12H22N2O2.ClH/c1-12(4-7-16-9-12)14-11(15)8-10-2-5-13-6-3-10;/h10,13H,2-9H2,1H3,(H,14,15);1H. The minimum Gasteiger partial charge on any atom is -0.379 e. The second-order valence-electron chi connectivity index (χ2n) is 5.31. The molecule has 0 aliphatic carbocycles. The molecule has 2 heterocycles. The van der Waals surface area contributed by atoms with Gasteiger partial charge in [-0.05, 0) is 45.2 Å². The number of halogens is 1. The van der Waals surface area contributed by atoms with E-state index in [1.54, 1.807) is 0 Å². The van der Waals surface area contributed by atoms with Crippen LogP contribution in [0.5, 0.6) is 0 Å². The van der Waals surface area contributed by atoms with Crippen LogP contribution < -0.4 is 10.6 Å². The van der Waals surface area contributed by atoms with Crippen molar-refractivity contribution in [3.63, 3.8) is 0 Å². The van der Waals surface area contributed by atoms with E-state index in [1.807, 2.05) is 0 Å². The summed E-state index contributed by atoms with van der Waals surface area (Å²) in [5.41, 5.74) is -0.121. The zero-order valence-electron chi connectivity index (χ0n) is 10.5. The molecular formula is C12H23ClN2O2. The summed E-state index contributed by atoms with van der Waals surface area (Å²) >= 11 is 0. The maximum Gasteiger partial charge on any atom is 0.220 e. The highest BCUT2D eigenvalue weighted by atomic mass is 35.5. The fraction of sp³-hybridized carbons (Fsp3) is 0.917. The number of amides is 1. The molecule has 17 heavy (non-hydrogen) atoms. The van der Waals surface area contributed by atoms with Gasteiger partial charge in [0.1, 0.15) is 0 Å². The van der Waals surface area contributed by atoms with Gasteiger partial charge in [0, 0.05) is 13.0 Å². The number of carbonyl (C=O) groups is 1. The molecular weight excluding hydrogens is 240 g/mol. The highest BCUT2D eigenvalue weighted by Gasteiger charge is 2.31. The van der Waals surface area contributed by atoms with Gasteiger partial charge in [-0.2, -0.15) is 0 Å². The van der Waals surface area contributed by atoms with Crippen molar-refractivity contribution in [2.45, 2.75) is 38.1 Å². The van der Waals surface area contributed by atoms with Crippen molar-refractivity contribution >= 4 is 18.3 Å². The third-order valence-corrected chi connectivity index (χ3v) is 3.59. The Hall–Kier alpha value is -0.320. The van der Waals surface area contributed by atoms with Gasteiger partial charge in [0.25, 0.3) is 0 Å². The first-order valence-electron chi connectivity index (χ1n) is 6.27. The van der Waals surface area contributed by atoms with Crippen molar-refractivity contribution in [2.75, 3.05) is 26.3 Å². The van der Waals surface area contributed by atoms with Crippen LogP contribution in [0.1, 0.15) is 32.6 Å². The van der Waals surface area contributed by atoms with Crippen molar-refractivity contribution in [3.8, 4) is 0 Å². The molecule has 2 N–H and O–H groups in total. The smallest absolute Gasteiger partial charge is 0.220 e. The first kappa shape index (κ1) is 14.7. The number of piperidine rings is 1. The Morgan fingerprint density at radius 1 is 1.47 bits per heavy atom. The third kappa shape index (κ3) is 4.45. The summed E-state index contributed by atoms with van der Waals surface area (Å²) in [6.07, 6.45) is 3.86. The number of ether oxygens (including phenoxy) is 1. The van der Waals surface area contributed by atoms with E-state index in [0.29, 0.717) is 18.9 Å². The summed E-state index contributed by atoms with van der Waals surface area (Å²) in [6.45, 7) is 5.60. The predicted molar refractivity (Wildman–Crippen MR) is 69.4 cm³/mol. The predicted octanol–water partition coefficient (Wildman–Crippen LogP) is 1.09. The lowest BCUT2D eigenvalue weighted by atomic mass is 9.93. The van der Waals surface area contributed by atoms with E-state index in [2.05, 4.69) is 17.6 Å². The average molecular weight is 263 g/mol. The zero-order valence-corrected chi connectivity index (χ0v) is 11.3. The monoisotopic (exact) mass is 262 g/mol. The number of hydrogen-bond donors (Lipinski definition) is 2. The molecule has 0 aromatic rings. The molecule has 0 saturated carbocycles. The molecule has 1 unspecified atom stereocenters. The molecule has 100 valence electrons. The maximum atomic E-state index is 11.9. The van der Waals surface area contributed by atoms with Gasteiger partial charge >= 0.3 is 0 Å². The highest BCUT2D eigenvalue weighted by Crippen LogP contribution is 2.20. The lowest BCUT2D eigenvalue weighted by Crippen LogP contribution is -2.47. The van der Waals surface area contributed by atoms with Gasteiger partial charge in [0.05, 0.1) is 12.1 Å². The first-order valence-corrected chi connectivity index (χ1v) is 6.27. The molecule has 0 aromatic heterocycles. The SMILES string of the molecule is CC1(NC(=O)CC2CCNCC2)CCOC1.Cl. The Labute approximate surface area is 109 Å². The van der Waals surface area contributed by atoms with E-state index >= 15 is 0 Å². The lowest BCUT2D eigenvalue weighted by Gasteiger charge is -2.26. The maximum absolute atomic E-state index is 11.9. The minimum absolute atomic E-state index is 0. The number of carbonyl (C=O) groups excluding carboxylic acids is 1. The minimum atomic E-state index is -0.121. The molecule has 2 saturated heterocycles. The van der Waals surface area contributed by atoms with Crippen LogP contribution in [0, 0.1) is 5.92 Å². The van der Waals surface area contributed by atoms with Gasteiger partial charge in [-0.15, -0.1) is 12.4 Å². The van der Waals surface area contributed by atoms with Crippen LogP contribution in [-0.2, 0) is 9.53 Å². The molecule has 0 radical (unpaired) electrons. The Morgan fingerprint density at radius 2 is 2.18 bits per heavy atom.